The van der Waals surface area contributed by atoms with Crippen LogP contribution in [0.4, 0.5) is 0 Å². The standard InChI is InChI=1S/C14H19BrN2OS.ClH/c1-14(2,10-3-5-11(15)6-4-10)8-16-13(18)12-7-19-9-17-12;/h3-6,12,17H,7-9H2,1-2H3,(H,16,18);1H. The monoisotopic (exact) mass is 378 g/mol. The molecule has 1 aliphatic rings. The molecule has 1 heterocycles. The molecule has 112 valence electrons. The predicted molar refractivity (Wildman–Crippen MR) is 91.7 cm³/mol. The third kappa shape index (κ3) is 4.65. The second-order valence-corrected chi connectivity index (χ2v) is 7.33. The highest BCUT2D eigenvalue weighted by Crippen LogP contribution is 2.24. The first-order valence-electron chi connectivity index (χ1n) is 6.34. The number of carbonyl (C=O) groups is 1. The summed E-state index contributed by atoms with van der Waals surface area (Å²) in [6, 6.07) is 8.23. The van der Waals surface area contributed by atoms with Crippen molar-refractivity contribution in [1.29, 1.82) is 0 Å². The number of hydrogen-bond donors (Lipinski definition) is 2. The number of benzene rings is 1. The Labute approximate surface area is 139 Å². The Bertz CT molecular complexity index is 447. The Hall–Kier alpha value is -0.230. The van der Waals surface area contributed by atoms with Crippen molar-refractivity contribution in [3.63, 3.8) is 0 Å². The van der Waals surface area contributed by atoms with Gasteiger partial charge in [-0.2, -0.15) is 0 Å². The van der Waals surface area contributed by atoms with Crippen molar-refractivity contribution < 1.29 is 4.79 Å². The van der Waals surface area contributed by atoms with Crippen molar-refractivity contribution in [1.82, 2.24) is 10.6 Å². The van der Waals surface area contributed by atoms with Crippen LogP contribution in [0.1, 0.15) is 19.4 Å². The van der Waals surface area contributed by atoms with Crippen molar-refractivity contribution in [2.75, 3.05) is 18.2 Å². The van der Waals surface area contributed by atoms with Gasteiger partial charge in [-0.25, -0.2) is 0 Å². The molecular weight excluding hydrogens is 360 g/mol. The van der Waals surface area contributed by atoms with Crippen molar-refractivity contribution >= 4 is 46.0 Å². The van der Waals surface area contributed by atoms with Crippen molar-refractivity contribution in [2.45, 2.75) is 25.3 Å². The van der Waals surface area contributed by atoms with Gasteiger partial charge in [-0.05, 0) is 17.7 Å². The number of nitrogens with one attached hydrogen (secondary N) is 2. The molecular formula is C14H20BrClN2OS. The lowest BCUT2D eigenvalue weighted by atomic mass is 9.84. The van der Waals surface area contributed by atoms with Gasteiger partial charge in [0.25, 0.3) is 0 Å². The van der Waals surface area contributed by atoms with E-state index >= 15 is 0 Å². The molecule has 1 atom stereocenters. The van der Waals surface area contributed by atoms with E-state index in [1.165, 1.54) is 5.56 Å². The van der Waals surface area contributed by atoms with E-state index in [0.29, 0.717) is 6.54 Å². The minimum Gasteiger partial charge on any atom is -0.354 e. The highest BCUT2D eigenvalue weighted by molar-refractivity contribution is 9.10. The van der Waals surface area contributed by atoms with Gasteiger partial charge in [0.1, 0.15) is 0 Å². The van der Waals surface area contributed by atoms with Gasteiger partial charge in [0.05, 0.1) is 6.04 Å². The van der Waals surface area contributed by atoms with Gasteiger partial charge < -0.3 is 5.32 Å². The van der Waals surface area contributed by atoms with E-state index in [1.807, 2.05) is 12.1 Å². The number of rotatable bonds is 4. The Kier molecular flexibility index (Phi) is 6.85. The normalized spacial score (nSPS) is 18.4. The summed E-state index contributed by atoms with van der Waals surface area (Å²) in [6.45, 7) is 4.94. The maximum Gasteiger partial charge on any atom is 0.238 e. The zero-order valence-corrected chi connectivity index (χ0v) is 14.8. The topological polar surface area (TPSA) is 41.1 Å². The third-order valence-corrected chi connectivity index (χ3v) is 4.83. The van der Waals surface area contributed by atoms with Crippen LogP contribution in [0.25, 0.3) is 0 Å². The molecule has 6 heteroatoms. The fourth-order valence-electron chi connectivity index (χ4n) is 2.00. The molecule has 0 bridgehead atoms. The van der Waals surface area contributed by atoms with Gasteiger partial charge in [-0.1, -0.05) is 41.9 Å². The molecule has 1 amide bonds. The Morgan fingerprint density at radius 2 is 2.10 bits per heavy atom. The second kappa shape index (κ2) is 7.69. The number of hydrogen-bond acceptors (Lipinski definition) is 3. The minimum absolute atomic E-state index is 0. The first-order chi connectivity index (χ1) is 8.99. The smallest absolute Gasteiger partial charge is 0.238 e. The molecule has 2 rings (SSSR count). The summed E-state index contributed by atoms with van der Waals surface area (Å²) in [4.78, 5) is 12.0. The van der Waals surface area contributed by atoms with Crippen LogP contribution in [-0.4, -0.2) is 30.1 Å². The average Bonchev–Trinajstić information content (AvgIpc) is 2.90. The van der Waals surface area contributed by atoms with Crippen LogP contribution in [0.2, 0.25) is 0 Å². The van der Waals surface area contributed by atoms with Gasteiger partial charge in [0.15, 0.2) is 0 Å². The summed E-state index contributed by atoms with van der Waals surface area (Å²) in [5.41, 5.74) is 1.16. The summed E-state index contributed by atoms with van der Waals surface area (Å²) in [5, 5.41) is 6.24. The zero-order valence-electron chi connectivity index (χ0n) is 11.6. The van der Waals surface area contributed by atoms with Crippen molar-refractivity contribution in [3.05, 3.63) is 34.3 Å². The highest BCUT2D eigenvalue weighted by atomic mass is 79.9. The molecule has 1 aromatic carbocycles. The Morgan fingerprint density at radius 3 is 2.65 bits per heavy atom. The van der Waals surface area contributed by atoms with E-state index in [-0.39, 0.29) is 29.8 Å². The quantitative estimate of drug-likeness (QED) is 0.845. The van der Waals surface area contributed by atoms with Gasteiger partial charge >= 0.3 is 0 Å². The molecule has 0 aromatic heterocycles. The van der Waals surface area contributed by atoms with Gasteiger partial charge in [-0.3, -0.25) is 10.1 Å². The summed E-state index contributed by atoms with van der Waals surface area (Å²) < 4.78 is 1.07. The Morgan fingerprint density at radius 1 is 1.45 bits per heavy atom. The number of halogens is 2. The fraction of sp³-hybridized carbons (Fsp3) is 0.500. The van der Waals surface area contributed by atoms with Crippen molar-refractivity contribution in [2.24, 2.45) is 0 Å². The number of carbonyl (C=O) groups excluding carboxylic acids is 1. The van der Waals surface area contributed by atoms with E-state index in [4.69, 9.17) is 0 Å². The van der Waals surface area contributed by atoms with E-state index in [0.717, 1.165) is 16.1 Å². The molecule has 1 aromatic rings. The molecule has 3 nitrogen and oxygen atoms in total. The van der Waals surface area contributed by atoms with Crippen LogP contribution in [0, 0.1) is 0 Å². The summed E-state index contributed by atoms with van der Waals surface area (Å²) >= 11 is 5.20. The van der Waals surface area contributed by atoms with E-state index in [1.54, 1.807) is 11.8 Å². The fourth-order valence-corrected chi connectivity index (χ4v) is 3.20. The SMILES string of the molecule is CC(C)(CNC(=O)C1CSCN1)c1ccc(Br)cc1.Cl. The predicted octanol–water partition coefficient (Wildman–Crippen LogP) is 2.93. The molecule has 1 unspecified atom stereocenters. The van der Waals surface area contributed by atoms with Crippen LogP contribution < -0.4 is 10.6 Å². The van der Waals surface area contributed by atoms with E-state index in [9.17, 15) is 4.79 Å². The van der Waals surface area contributed by atoms with Gasteiger partial charge in [0.2, 0.25) is 5.91 Å². The zero-order chi connectivity index (χ0) is 13.9. The molecule has 1 fully saturated rings. The lowest BCUT2D eigenvalue weighted by Gasteiger charge is -2.26. The molecule has 0 aliphatic carbocycles. The second-order valence-electron chi connectivity index (χ2n) is 5.38. The maximum atomic E-state index is 12.0. The molecule has 0 saturated carbocycles. The molecule has 1 aliphatic heterocycles. The Balaban J connectivity index is 0.00000200. The van der Waals surface area contributed by atoms with Crippen LogP contribution >= 0.6 is 40.1 Å². The molecule has 2 N–H and O–H groups in total. The molecule has 0 radical (unpaired) electrons. The van der Waals surface area contributed by atoms with Gasteiger partial charge in [0, 0.05) is 28.1 Å². The molecule has 1 saturated heterocycles. The number of thioether (sulfide) groups is 1. The number of amides is 1. The summed E-state index contributed by atoms with van der Waals surface area (Å²) in [5.74, 6) is 1.84. The first-order valence-corrected chi connectivity index (χ1v) is 8.29. The van der Waals surface area contributed by atoms with Gasteiger partial charge in [-0.15, -0.1) is 24.2 Å². The minimum atomic E-state index is -0.0674. The first kappa shape index (κ1) is 17.8. The van der Waals surface area contributed by atoms with Crippen LogP contribution in [0.3, 0.4) is 0 Å². The summed E-state index contributed by atoms with van der Waals surface area (Å²) in [6.07, 6.45) is 0. The average molecular weight is 380 g/mol. The van der Waals surface area contributed by atoms with Crippen LogP contribution in [-0.2, 0) is 10.2 Å². The lowest BCUT2D eigenvalue weighted by Crippen LogP contribution is -2.46. The summed E-state index contributed by atoms with van der Waals surface area (Å²) in [7, 11) is 0. The van der Waals surface area contributed by atoms with E-state index in [2.05, 4.69) is 52.5 Å². The van der Waals surface area contributed by atoms with E-state index < -0.39 is 0 Å². The highest BCUT2D eigenvalue weighted by Gasteiger charge is 2.26. The van der Waals surface area contributed by atoms with Crippen LogP contribution in [0.5, 0.6) is 0 Å². The van der Waals surface area contributed by atoms with Crippen molar-refractivity contribution in [3.8, 4) is 0 Å². The third-order valence-electron chi connectivity index (χ3n) is 3.36. The maximum absolute atomic E-state index is 12.0. The lowest BCUT2D eigenvalue weighted by molar-refractivity contribution is -0.122. The van der Waals surface area contributed by atoms with Crippen LogP contribution in [0.15, 0.2) is 28.7 Å². The molecule has 20 heavy (non-hydrogen) atoms. The largest absolute Gasteiger partial charge is 0.354 e. The molecule has 0 spiro atoms.